The summed E-state index contributed by atoms with van der Waals surface area (Å²) < 4.78 is 24.1. The van der Waals surface area contributed by atoms with Crippen LogP contribution < -0.4 is 0 Å². The molecule has 192 valence electrons. The molecule has 0 fully saturated rings. The molecule has 33 heavy (non-hydrogen) atoms. The van der Waals surface area contributed by atoms with Crippen molar-refractivity contribution in [2.45, 2.75) is 129 Å². The third-order valence-corrected chi connectivity index (χ3v) is 6.29. The number of unbranched alkanes of at least 4 members (excludes halogenated alkanes) is 14. The Bertz CT molecular complexity index is 505. The van der Waals surface area contributed by atoms with Crippen molar-refractivity contribution in [1.29, 1.82) is 0 Å². The maximum absolute atomic E-state index is 12.0. The summed E-state index contributed by atoms with van der Waals surface area (Å²) in [5.41, 5.74) is 1.23. The Morgan fingerprint density at radius 2 is 1.15 bits per heavy atom. The van der Waals surface area contributed by atoms with Gasteiger partial charge in [0.1, 0.15) is 0 Å². The molecule has 0 amide bonds. The van der Waals surface area contributed by atoms with E-state index >= 15 is 0 Å². The summed E-state index contributed by atoms with van der Waals surface area (Å²) in [6.45, 7) is 6.59. The zero-order valence-electron chi connectivity index (χ0n) is 21.9. The van der Waals surface area contributed by atoms with E-state index in [2.05, 4.69) is 38.1 Å². The van der Waals surface area contributed by atoms with Crippen molar-refractivity contribution < 1.29 is 13.9 Å². The van der Waals surface area contributed by atoms with Gasteiger partial charge in [-0.3, -0.25) is 4.39 Å². The topological polar surface area (TPSA) is 18.5 Å². The number of hydrogen-bond acceptors (Lipinski definition) is 2. The number of benzene rings is 1. The quantitative estimate of drug-likeness (QED) is 0.142. The fraction of sp³-hybridized carbons (Fsp3) is 0.800. The fourth-order valence-electron chi connectivity index (χ4n) is 4.31. The second kappa shape index (κ2) is 22.8. The Balaban J connectivity index is 1.87. The van der Waals surface area contributed by atoms with Gasteiger partial charge in [-0.15, -0.1) is 0 Å². The molecule has 0 aliphatic rings. The number of halogens is 1. The Hall–Kier alpha value is -0.930. The van der Waals surface area contributed by atoms with Crippen molar-refractivity contribution >= 4 is 0 Å². The Morgan fingerprint density at radius 1 is 0.667 bits per heavy atom. The van der Waals surface area contributed by atoms with Gasteiger partial charge < -0.3 is 9.47 Å². The van der Waals surface area contributed by atoms with E-state index in [1.54, 1.807) is 0 Å². The Labute approximate surface area is 205 Å². The van der Waals surface area contributed by atoms with Gasteiger partial charge in [0.15, 0.2) is 0 Å². The molecule has 0 heterocycles. The molecular weight excluding hydrogens is 411 g/mol. The van der Waals surface area contributed by atoms with Crippen molar-refractivity contribution in [3.63, 3.8) is 0 Å². The summed E-state index contributed by atoms with van der Waals surface area (Å²) in [4.78, 5) is 0. The second-order valence-corrected chi connectivity index (χ2v) is 10.1. The highest BCUT2D eigenvalue weighted by Crippen LogP contribution is 2.15. The lowest BCUT2D eigenvalue weighted by molar-refractivity contribution is -0.0346. The van der Waals surface area contributed by atoms with E-state index in [0.29, 0.717) is 19.1 Å². The minimum atomic E-state index is -0.141. The van der Waals surface area contributed by atoms with Gasteiger partial charge in [0.25, 0.3) is 0 Å². The van der Waals surface area contributed by atoms with E-state index in [1.807, 2.05) is 6.07 Å². The van der Waals surface area contributed by atoms with E-state index < -0.39 is 0 Å². The monoisotopic (exact) mass is 464 g/mol. The summed E-state index contributed by atoms with van der Waals surface area (Å²) in [6, 6.07) is 10.4. The van der Waals surface area contributed by atoms with Crippen molar-refractivity contribution in [3.8, 4) is 0 Å². The van der Waals surface area contributed by atoms with E-state index in [-0.39, 0.29) is 12.8 Å². The molecule has 0 saturated carbocycles. The zero-order valence-corrected chi connectivity index (χ0v) is 21.9. The van der Waals surface area contributed by atoms with Crippen LogP contribution >= 0.6 is 0 Å². The molecule has 1 unspecified atom stereocenters. The smallest absolute Gasteiger partial charge is 0.0894 e. The SMILES string of the molecule is CC(C)CC(COCCCCCCCCCCCCCCCCCF)OCc1ccccc1. The van der Waals surface area contributed by atoms with Crippen LogP contribution in [0.3, 0.4) is 0 Å². The molecule has 0 aliphatic carbocycles. The molecule has 0 bridgehead atoms. The molecule has 0 radical (unpaired) electrons. The fourth-order valence-corrected chi connectivity index (χ4v) is 4.31. The molecule has 0 aromatic heterocycles. The average Bonchev–Trinajstić information content (AvgIpc) is 2.82. The first-order chi connectivity index (χ1) is 16.2. The summed E-state index contributed by atoms with van der Waals surface area (Å²) >= 11 is 0. The molecular formula is C30H53FO2. The van der Waals surface area contributed by atoms with E-state index in [4.69, 9.17) is 9.47 Å². The third-order valence-electron chi connectivity index (χ3n) is 6.29. The summed E-state index contributed by atoms with van der Waals surface area (Å²) in [5, 5.41) is 0. The minimum absolute atomic E-state index is 0.141. The molecule has 1 atom stereocenters. The van der Waals surface area contributed by atoms with Crippen LogP contribution in [0.5, 0.6) is 0 Å². The van der Waals surface area contributed by atoms with Crippen LogP contribution in [-0.4, -0.2) is 26.0 Å². The van der Waals surface area contributed by atoms with Crippen molar-refractivity contribution in [3.05, 3.63) is 35.9 Å². The van der Waals surface area contributed by atoms with E-state index in [1.165, 1.54) is 89.0 Å². The molecule has 1 aromatic carbocycles. The van der Waals surface area contributed by atoms with Gasteiger partial charge in [0.2, 0.25) is 0 Å². The first kappa shape index (κ1) is 30.1. The first-order valence-electron chi connectivity index (χ1n) is 14.0. The highest BCUT2D eigenvalue weighted by atomic mass is 19.1. The van der Waals surface area contributed by atoms with Crippen LogP contribution in [0, 0.1) is 5.92 Å². The predicted molar refractivity (Wildman–Crippen MR) is 141 cm³/mol. The Morgan fingerprint density at radius 3 is 1.64 bits per heavy atom. The van der Waals surface area contributed by atoms with Crippen LogP contribution in [0.2, 0.25) is 0 Å². The Kier molecular flexibility index (Phi) is 20.8. The lowest BCUT2D eigenvalue weighted by atomic mass is 10.0. The number of hydrogen-bond donors (Lipinski definition) is 0. The highest BCUT2D eigenvalue weighted by Gasteiger charge is 2.12. The largest absolute Gasteiger partial charge is 0.379 e. The lowest BCUT2D eigenvalue weighted by Gasteiger charge is -2.20. The molecule has 0 saturated heterocycles. The number of ether oxygens (including phenoxy) is 2. The second-order valence-electron chi connectivity index (χ2n) is 10.1. The van der Waals surface area contributed by atoms with Crippen molar-refractivity contribution in [2.24, 2.45) is 5.92 Å². The van der Waals surface area contributed by atoms with Gasteiger partial charge in [-0.05, 0) is 30.7 Å². The van der Waals surface area contributed by atoms with Gasteiger partial charge in [0, 0.05) is 6.61 Å². The highest BCUT2D eigenvalue weighted by molar-refractivity contribution is 5.13. The molecule has 3 heteroatoms. The van der Waals surface area contributed by atoms with Crippen LogP contribution in [0.1, 0.15) is 122 Å². The van der Waals surface area contributed by atoms with Crippen LogP contribution in [0.15, 0.2) is 30.3 Å². The normalized spacial score (nSPS) is 12.5. The first-order valence-corrected chi connectivity index (χ1v) is 14.0. The van der Waals surface area contributed by atoms with Crippen molar-refractivity contribution in [2.75, 3.05) is 19.9 Å². The van der Waals surface area contributed by atoms with E-state index in [9.17, 15) is 4.39 Å². The minimum Gasteiger partial charge on any atom is -0.379 e. The maximum atomic E-state index is 12.0. The van der Waals surface area contributed by atoms with E-state index in [0.717, 1.165) is 25.9 Å². The number of alkyl halides is 1. The number of rotatable bonds is 24. The van der Waals surface area contributed by atoms with Gasteiger partial charge >= 0.3 is 0 Å². The third kappa shape index (κ3) is 20.2. The van der Waals surface area contributed by atoms with Gasteiger partial charge in [-0.2, -0.15) is 0 Å². The zero-order chi connectivity index (χ0) is 23.8. The van der Waals surface area contributed by atoms with Crippen molar-refractivity contribution in [1.82, 2.24) is 0 Å². The summed E-state index contributed by atoms with van der Waals surface area (Å²) in [7, 11) is 0. The van der Waals surface area contributed by atoms with Gasteiger partial charge in [-0.1, -0.05) is 128 Å². The van der Waals surface area contributed by atoms with Gasteiger partial charge in [0.05, 0.1) is 26.0 Å². The maximum Gasteiger partial charge on any atom is 0.0894 e. The summed E-state index contributed by atoms with van der Waals surface area (Å²) in [6.07, 6.45) is 20.4. The predicted octanol–water partition coefficient (Wildman–Crippen LogP) is 9.46. The molecule has 0 spiro atoms. The molecule has 0 aliphatic heterocycles. The van der Waals surface area contributed by atoms with Gasteiger partial charge in [-0.25, -0.2) is 0 Å². The molecule has 2 nitrogen and oxygen atoms in total. The summed E-state index contributed by atoms with van der Waals surface area (Å²) in [5.74, 6) is 0.618. The van der Waals surface area contributed by atoms with Crippen LogP contribution in [0.25, 0.3) is 0 Å². The molecule has 1 aromatic rings. The standard InChI is InChI=1S/C30H53FO2/c1-28(2)25-30(33-26-29-21-17-16-18-22-29)27-32-24-20-15-13-11-9-7-5-3-4-6-8-10-12-14-19-23-31/h16-18,21-22,28,30H,3-15,19-20,23-27H2,1-2H3. The van der Waals surface area contributed by atoms with Crippen LogP contribution in [-0.2, 0) is 16.1 Å². The lowest BCUT2D eigenvalue weighted by Crippen LogP contribution is -2.22. The average molecular weight is 465 g/mol. The van der Waals surface area contributed by atoms with Crippen LogP contribution in [0.4, 0.5) is 4.39 Å². The molecule has 0 N–H and O–H groups in total. The molecule has 1 rings (SSSR count).